The molecule has 0 fully saturated rings. The summed E-state index contributed by atoms with van der Waals surface area (Å²) in [7, 11) is 1.34. The fraction of sp³-hybridized carbons (Fsp3) is 0.286. The van der Waals surface area contributed by atoms with E-state index in [1.165, 1.54) is 18.4 Å². The van der Waals surface area contributed by atoms with Gasteiger partial charge in [-0.25, -0.2) is 0 Å². The van der Waals surface area contributed by atoms with Crippen molar-refractivity contribution in [2.45, 2.75) is 26.8 Å². The highest BCUT2D eigenvalue weighted by atomic mass is 32.1. The zero-order valence-corrected chi connectivity index (χ0v) is 16.9. The number of ether oxygens (including phenoxy) is 2. The number of methoxy groups -OCH3 is 1. The highest BCUT2D eigenvalue weighted by Crippen LogP contribution is 2.22. The third kappa shape index (κ3) is 4.67. The van der Waals surface area contributed by atoms with Crippen molar-refractivity contribution in [1.82, 2.24) is 4.57 Å². The lowest BCUT2D eigenvalue weighted by atomic mass is 10.1. The molecule has 1 heterocycles. The average Bonchev–Trinajstić information content (AvgIpc) is 2.99. The van der Waals surface area contributed by atoms with E-state index >= 15 is 0 Å². The summed E-state index contributed by atoms with van der Waals surface area (Å²) < 4.78 is 13.1. The van der Waals surface area contributed by atoms with Crippen molar-refractivity contribution in [3.63, 3.8) is 0 Å². The molecule has 0 aliphatic heterocycles. The molecule has 6 nitrogen and oxygen atoms in total. The number of hydrogen-bond donors (Lipinski definition) is 0. The Labute approximate surface area is 167 Å². The van der Waals surface area contributed by atoms with Crippen LogP contribution in [0.4, 0.5) is 0 Å². The zero-order chi connectivity index (χ0) is 20.1. The Balaban J connectivity index is 1.86. The van der Waals surface area contributed by atoms with Crippen LogP contribution in [-0.4, -0.2) is 30.2 Å². The molecule has 28 heavy (non-hydrogen) atoms. The molecule has 0 bridgehead atoms. The summed E-state index contributed by atoms with van der Waals surface area (Å²) in [6, 6.07) is 13.4. The molecule has 0 atom stereocenters. The van der Waals surface area contributed by atoms with Crippen molar-refractivity contribution in [3.05, 3.63) is 58.4 Å². The average molecular weight is 398 g/mol. The van der Waals surface area contributed by atoms with Crippen LogP contribution in [0, 0.1) is 13.8 Å². The fourth-order valence-corrected chi connectivity index (χ4v) is 3.82. The minimum Gasteiger partial charge on any atom is -0.493 e. The molecule has 0 aliphatic rings. The molecule has 3 aromatic rings. The Hall–Kier alpha value is -2.93. The molecule has 1 amide bonds. The lowest BCUT2D eigenvalue weighted by Crippen LogP contribution is -2.22. The van der Waals surface area contributed by atoms with Gasteiger partial charge in [0.05, 0.1) is 30.4 Å². The van der Waals surface area contributed by atoms with E-state index in [9.17, 15) is 9.59 Å². The van der Waals surface area contributed by atoms with Crippen molar-refractivity contribution < 1.29 is 19.1 Å². The van der Waals surface area contributed by atoms with E-state index in [-0.39, 0.29) is 31.4 Å². The van der Waals surface area contributed by atoms with Crippen LogP contribution in [0.1, 0.15) is 17.5 Å². The van der Waals surface area contributed by atoms with Gasteiger partial charge in [0.1, 0.15) is 12.3 Å². The molecule has 146 valence electrons. The van der Waals surface area contributed by atoms with Crippen molar-refractivity contribution in [2.75, 3.05) is 13.7 Å². The first kappa shape index (κ1) is 19.8. The van der Waals surface area contributed by atoms with E-state index in [1.807, 2.05) is 56.3 Å². The summed E-state index contributed by atoms with van der Waals surface area (Å²) >= 11 is 1.38. The first-order valence-corrected chi connectivity index (χ1v) is 9.72. The maximum atomic E-state index is 12.4. The molecule has 0 radical (unpaired) electrons. The molecule has 3 rings (SSSR count). The monoisotopic (exact) mass is 398 g/mol. The lowest BCUT2D eigenvalue weighted by Gasteiger charge is -2.06. The minimum absolute atomic E-state index is 0.00558. The van der Waals surface area contributed by atoms with Crippen molar-refractivity contribution in [1.29, 1.82) is 0 Å². The number of hydrogen-bond acceptors (Lipinski definition) is 5. The second kappa shape index (κ2) is 8.84. The summed E-state index contributed by atoms with van der Waals surface area (Å²) in [5, 5.41) is 0. The Morgan fingerprint density at radius 3 is 2.54 bits per heavy atom. The Kier molecular flexibility index (Phi) is 6.26. The summed E-state index contributed by atoms with van der Waals surface area (Å²) in [5.41, 5.74) is 3.12. The maximum Gasteiger partial charge on any atom is 0.325 e. The number of thiazole rings is 1. The van der Waals surface area contributed by atoms with Crippen LogP contribution in [0.2, 0.25) is 0 Å². The number of fused-ring (bicyclic) bond motifs is 1. The predicted molar refractivity (Wildman–Crippen MR) is 108 cm³/mol. The molecule has 7 heteroatoms. The highest BCUT2D eigenvalue weighted by molar-refractivity contribution is 7.16. The smallest absolute Gasteiger partial charge is 0.325 e. The quantitative estimate of drug-likeness (QED) is 0.597. The van der Waals surface area contributed by atoms with Gasteiger partial charge in [-0.15, -0.1) is 0 Å². The second-order valence-electron chi connectivity index (χ2n) is 6.37. The van der Waals surface area contributed by atoms with E-state index in [4.69, 9.17) is 9.47 Å². The topological polar surface area (TPSA) is 69.9 Å². The number of para-hydroxylation sites is 1. The van der Waals surface area contributed by atoms with Gasteiger partial charge in [-0.2, -0.15) is 4.99 Å². The van der Waals surface area contributed by atoms with Crippen LogP contribution in [0.15, 0.2) is 47.5 Å². The normalized spacial score (nSPS) is 11.6. The Bertz CT molecular complexity index is 1070. The minimum atomic E-state index is -0.390. The molecule has 0 N–H and O–H groups in total. The fourth-order valence-electron chi connectivity index (χ4n) is 2.69. The Morgan fingerprint density at radius 2 is 1.82 bits per heavy atom. The van der Waals surface area contributed by atoms with Crippen molar-refractivity contribution in [2.24, 2.45) is 4.99 Å². The van der Waals surface area contributed by atoms with Crippen LogP contribution < -0.4 is 9.54 Å². The van der Waals surface area contributed by atoms with E-state index in [0.717, 1.165) is 21.3 Å². The second-order valence-corrected chi connectivity index (χ2v) is 7.38. The van der Waals surface area contributed by atoms with Crippen LogP contribution in [0.3, 0.4) is 0 Å². The summed E-state index contributed by atoms with van der Waals surface area (Å²) in [4.78, 5) is 28.9. The van der Waals surface area contributed by atoms with E-state index in [0.29, 0.717) is 10.6 Å². The van der Waals surface area contributed by atoms with Gasteiger partial charge in [-0.3, -0.25) is 9.59 Å². The molecular weight excluding hydrogens is 376 g/mol. The van der Waals surface area contributed by atoms with Gasteiger partial charge in [0, 0.05) is 0 Å². The van der Waals surface area contributed by atoms with Crippen LogP contribution in [-0.2, 0) is 20.9 Å². The van der Waals surface area contributed by atoms with E-state index in [2.05, 4.69) is 4.99 Å². The number of benzene rings is 2. The SMILES string of the molecule is COC(=O)Cn1c(=NC(=O)CCOc2ccccc2)sc2cc(C)c(C)cc21. The molecule has 0 saturated carbocycles. The number of amides is 1. The summed E-state index contributed by atoms with van der Waals surface area (Å²) in [6.07, 6.45) is 0.152. The predicted octanol–water partition coefficient (Wildman–Crippen LogP) is 3.39. The number of rotatable bonds is 6. The standard InChI is InChI=1S/C21H22N2O4S/c1-14-11-17-18(12-15(14)2)28-21(23(17)13-20(25)26-3)22-19(24)9-10-27-16-7-5-4-6-8-16/h4-8,11-12H,9-10,13H2,1-3H3. The zero-order valence-electron chi connectivity index (χ0n) is 16.1. The first-order chi connectivity index (χ1) is 13.5. The van der Waals surface area contributed by atoms with Crippen molar-refractivity contribution in [3.8, 4) is 5.75 Å². The van der Waals surface area contributed by atoms with Crippen LogP contribution >= 0.6 is 11.3 Å². The molecular formula is C21H22N2O4S. The number of carbonyl (C=O) groups is 2. The maximum absolute atomic E-state index is 12.4. The van der Waals surface area contributed by atoms with Gasteiger partial charge in [0.2, 0.25) is 0 Å². The molecule has 1 aromatic heterocycles. The number of esters is 1. The number of aromatic nitrogens is 1. The Morgan fingerprint density at radius 1 is 1.11 bits per heavy atom. The van der Waals surface area contributed by atoms with Gasteiger partial charge in [0.25, 0.3) is 5.91 Å². The number of carbonyl (C=O) groups excluding carboxylic acids is 2. The summed E-state index contributed by atoms with van der Waals surface area (Å²) in [6.45, 7) is 4.29. The van der Waals surface area contributed by atoms with Gasteiger partial charge >= 0.3 is 5.97 Å². The molecule has 0 unspecified atom stereocenters. The number of nitrogens with zero attached hydrogens (tertiary/aromatic N) is 2. The van der Waals surface area contributed by atoms with Crippen LogP contribution in [0.25, 0.3) is 10.2 Å². The molecule has 2 aromatic carbocycles. The van der Waals surface area contributed by atoms with Gasteiger partial charge in [-0.05, 0) is 49.2 Å². The van der Waals surface area contributed by atoms with E-state index in [1.54, 1.807) is 4.57 Å². The molecule has 0 aliphatic carbocycles. The van der Waals surface area contributed by atoms with E-state index < -0.39 is 0 Å². The van der Waals surface area contributed by atoms with Crippen LogP contribution in [0.5, 0.6) is 5.75 Å². The molecule has 0 spiro atoms. The summed E-state index contributed by atoms with van der Waals surface area (Å²) in [5.74, 6) is 0.0256. The van der Waals surface area contributed by atoms with Crippen molar-refractivity contribution >= 4 is 33.4 Å². The first-order valence-electron chi connectivity index (χ1n) is 8.90. The third-order valence-electron chi connectivity index (χ3n) is 4.36. The third-order valence-corrected chi connectivity index (χ3v) is 5.40. The molecule has 0 saturated heterocycles. The number of aryl methyl sites for hydroxylation is 2. The van der Waals surface area contributed by atoms with Gasteiger partial charge in [-0.1, -0.05) is 29.5 Å². The largest absolute Gasteiger partial charge is 0.493 e. The highest BCUT2D eigenvalue weighted by Gasteiger charge is 2.13. The lowest BCUT2D eigenvalue weighted by molar-refractivity contribution is -0.141. The van der Waals surface area contributed by atoms with Gasteiger partial charge < -0.3 is 14.0 Å². The van der Waals surface area contributed by atoms with Gasteiger partial charge in [0.15, 0.2) is 4.80 Å².